The molecule has 1 heterocycles. The average molecular weight is 381 g/mol. The van der Waals surface area contributed by atoms with Crippen LogP contribution in [0.4, 0.5) is 10.6 Å². The maximum Gasteiger partial charge on any atom is 0.337 e. The molecule has 0 saturated carbocycles. The Morgan fingerprint density at radius 3 is 2.26 bits per heavy atom. The number of rotatable bonds is 5. The van der Waals surface area contributed by atoms with E-state index in [1.54, 1.807) is 36.5 Å². The summed E-state index contributed by atoms with van der Waals surface area (Å²) >= 11 is 0. The van der Waals surface area contributed by atoms with E-state index >= 15 is 0 Å². The normalized spacial score (nSPS) is 11.0. The van der Waals surface area contributed by atoms with Gasteiger partial charge in [-0.3, -0.25) is 4.90 Å². The number of urea groups is 1. The molecule has 2 aromatic carbocycles. The van der Waals surface area contributed by atoms with Gasteiger partial charge in [0.2, 0.25) is 0 Å². The van der Waals surface area contributed by atoms with Crippen molar-refractivity contribution in [1.29, 1.82) is 0 Å². The van der Waals surface area contributed by atoms with Crippen LogP contribution >= 0.6 is 0 Å². The van der Waals surface area contributed by atoms with Crippen LogP contribution in [0.2, 0.25) is 0 Å². The number of anilines is 1. The van der Waals surface area contributed by atoms with Crippen molar-refractivity contribution in [2.75, 3.05) is 4.90 Å². The molecule has 3 rings (SSSR count). The number of benzene rings is 2. The van der Waals surface area contributed by atoms with Crippen LogP contribution in [0.5, 0.6) is 0 Å². The fourth-order valence-corrected chi connectivity index (χ4v) is 3.43. The topological polar surface area (TPSA) is 79.4 Å². The minimum absolute atomic E-state index is 0.0298. The van der Waals surface area contributed by atoms with Crippen molar-refractivity contribution in [2.24, 2.45) is 0 Å². The lowest BCUT2D eigenvalue weighted by Gasteiger charge is -2.22. The molecule has 138 valence electrons. The third-order valence-corrected chi connectivity index (χ3v) is 5.24. The summed E-state index contributed by atoms with van der Waals surface area (Å²) in [5.41, 5.74) is 1.78. The molecule has 0 bridgehead atoms. The summed E-state index contributed by atoms with van der Waals surface area (Å²) in [7, 11) is -3.99. The molecular formula is C20H19N3O3S. The Hall–Kier alpha value is -3.19. The minimum Gasteiger partial charge on any atom is -0.273 e. The molecular weight excluding hydrogens is 362 g/mol. The van der Waals surface area contributed by atoms with E-state index in [1.165, 1.54) is 17.0 Å². The average Bonchev–Trinajstić information content (AvgIpc) is 2.67. The first kappa shape index (κ1) is 18.6. The first-order chi connectivity index (χ1) is 13.0. The van der Waals surface area contributed by atoms with Gasteiger partial charge in [0.15, 0.2) is 0 Å². The third kappa shape index (κ3) is 4.71. The number of amides is 2. The zero-order chi connectivity index (χ0) is 19.3. The van der Waals surface area contributed by atoms with Gasteiger partial charge in [0, 0.05) is 6.20 Å². The Bertz CT molecular complexity index is 1010. The van der Waals surface area contributed by atoms with E-state index in [1.807, 2.05) is 37.3 Å². The number of carbonyl (C=O) groups is 1. The predicted molar refractivity (Wildman–Crippen MR) is 104 cm³/mol. The largest absolute Gasteiger partial charge is 0.337 e. The van der Waals surface area contributed by atoms with E-state index in [0.717, 1.165) is 11.1 Å². The SMILES string of the molecule is Cc1ccc(S(=O)(=O)NC(=O)N(Cc2ccccc2)c2ccccn2)cc1. The van der Waals surface area contributed by atoms with E-state index < -0.39 is 16.1 Å². The Morgan fingerprint density at radius 1 is 0.963 bits per heavy atom. The Balaban J connectivity index is 1.87. The molecule has 0 aliphatic rings. The second-order valence-electron chi connectivity index (χ2n) is 5.98. The summed E-state index contributed by atoms with van der Waals surface area (Å²) in [6, 6.07) is 19.9. The van der Waals surface area contributed by atoms with Gasteiger partial charge in [-0.2, -0.15) is 0 Å². The second kappa shape index (κ2) is 8.01. The van der Waals surface area contributed by atoms with E-state index in [9.17, 15) is 13.2 Å². The predicted octanol–water partition coefficient (Wildman–Crippen LogP) is 3.50. The number of hydrogen-bond donors (Lipinski definition) is 1. The zero-order valence-electron chi connectivity index (χ0n) is 14.7. The van der Waals surface area contributed by atoms with Gasteiger partial charge in [-0.1, -0.05) is 54.1 Å². The summed E-state index contributed by atoms with van der Waals surface area (Å²) in [6.45, 7) is 2.05. The van der Waals surface area contributed by atoms with Crippen LogP contribution in [0.25, 0.3) is 0 Å². The first-order valence-corrected chi connectivity index (χ1v) is 9.80. The fraction of sp³-hybridized carbons (Fsp3) is 0.100. The van der Waals surface area contributed by atoms with Gasteiger partial charge >= 0.3 is 6.03 Å². The van der Waals surface area contributed by atoms with Gasteiger partial charge in [-0.05, 0) is 36.8 Å². The summed E-state index contributed by atoms with van der Waals surface area (Å²) < 4.78 is 27.3. The number of aromatic nitrogens is 1. The van der Waals surface area contributed by atoms with Gasteiger partial charge in [0.1, 0.15) is 5.82 Å². The fourth-order valence-electron chi connectivity index (χ4n) is 2.48. The summed E-state index contributed by atoms with van der Waals surface area (Å²) in [4.78, 5) is 18.3. The van der Waals surface area contributed by atoms with Crippen LogP contribution in [0, 0.1) is 6.92 Å². The van der Waals surface area contributed by atoms with Crippen molar-refractivity contribution < 1.29 is 13.2 Å². The Kier molecular flexibility index (Phi) is 5.52. The summed E-state index contributed by atoms with van der Waals surface area (Å²) in [6.07, 6.45) is 1.55. The lowest BCUT2D eigenvalue weighted by atomic mass is 10.2. The quantitative estimate of drug-likeness (QED) is 0.734. The van der Waals surface area contributed by atoms with Crippen LogP contribution in [0.1, 0.15) is 11.1 Å². The molecule has 7 heteroatoms. The van der Waals surface area contributed by atoms with E-state index in [0.29, 0.717) is 5.82 Å². The molecule has 0 atom stereocenters. The third-order valence-electron chi connectivity index (χ3n) is 3.91. The van der Waals surface area contributed by atoms with Crippen molar-refractivity contribution in [3.63, 3.8) is 0 Å². The van der Waals surface area contributed by atoms with Gasteiger partial charge in [0.05, 0.1) is 11.4 Å². The molecule has 0 spiro atoms. The van der Waals surface area contributed by atoms with E-state index in [2.05, 4.69) is 9.71 Å². The van der Waals surface area contributed by atoms with Crippen molar-refractivity contribution in [1.82, 2.24) is 9.71 Å². The van der Waals surface area contributed by atoms with Gasteiger partial charge in [-0.15, -0.1) is 0 Å². The highest BCUT2D eigenvalue weighted by Gasteiger charge is 2.24. The number of aryl methyl sites for hydroxylation is 1. The van der Waals surface area contributed by atoms with Gasteiger partial charge in [-0.25, -0.2) is 22.9 Å². The van der Waals surface area contributed by atoms with Crippen molar-refractivity contribution in [3.8, 4) is 0 Å². The number of nitrogens with zero attached hydrogens (tertiary/aromatic N) is 2. The summed E-state index contributed by atoms with van der Waals surface area (Å²) in [5.74, 6) is 0.359. The molecule has 0 saturated heterocycles. The minimum atomic E-state index is -3.99. The molecule has 0 aliphatic heterocycles. The highest BCUT2D eigenvalue weighted by Crippen LogP contribution is 2.16. The highest BCUT2D eigenvalue weighted by atomic mass is 32.2. The van der Waals surface area contributed by atoms with E-state index in [4.69, 9.17) is 0 Å². The van der Waals surface area contributed by atoms with E-state index in [-0.39, 0.29) is 11.4 Å². The molecule has 0 fully saturated rings. The molecule has 1 N–H and O–H groups in total. The van der Waals surface area contributed by atoms with Crippen LogP contribution in [0.15, 0.2) is 83.9 Å². The number of pyridine rings is 1. The van der Waals surface area contributed by atoms with Gasteiger partial charge < -0.3 is 0 Å². The van der Waals surface area contributed by atoms with Crippen molar-refractivity contribution in [2.45, 2.75) is 18.4 Å². The molecule has 0 unspecified atom stereocenters. The maximum atomic E-state index is 12.8. The first-order valence-electron chi connectivity index (χ1n) is 8.32. The van der Waals surface area contributed by atoms with Crippen LogP contribution in [-0.2, 0) is 16.6 Å². The monoisotopic (exact) mass is 381 g/mol. The molecule has 0 radical (unpaired) electrons. The molecule has 1 aromatic heterocycles. The van der Waals surface area contributed by atoms with Crippen LogP contribution in [-0.4, -0.2) is 19.4 Å². The number of carbonyl (C=O) groups excluding carboxylic acids is 1. The van der Waals surface area contributed by atoms with Gasteiger partial charge in [0.25, 0.3) is 10.0 Å². The highest BCUT2D eigenvalue weighted by molar-refractivity contribution is 7.90. The zero-order valence-corrected chi connectivity index (χ0v) is 15.6. The number of nitrogens with one attached hydrogen (secondary N) is 1. The lowest BCUT2D eigenvalue weighted by molar-refractivity contribution is 0.250. The van der Waals surface area contributed by atoms with Crippen molar-refractivity contribution in [3.05, 3.63) is 90.1 Å². The summed E-state index contributed by atoms with van der Waals surface area (Å²) in [5, 5.41) is 0. The number of sulfonamides is 1. The standard InChI is InChI=1S/C20H19N3O3S/c1-16-10-12-18(13-11-16)27(25,26)22-20(24)23(19-9-5-6-14-21-19)15-17-7-3-2-4-8-17/h2-14H,15H2,1H3,(H,22,24). The molecule has 27 heavy (non-hydrogen) atoms. The Morgan fingerprint density at radius 2 is 1.63 bits per heavy atom. The molecule has 2 amide bonds. The molecule has 3 aromatic rings. The molecule has 0 aliphatic carbocycles. The number of hydrogen-bond acceptors (Lipinski definition) is 4. The smallest absolute Gasteiger partial charge is 0.273 e. The lowest BCUT2D eigenvalue weighted by Crippen LogP contribution is -2.43. The van der Waals surface area contributed by atoms with Crippen LogP contribution in [0.3, 0.4) is 0 Å². The van der Waals surface area contributed by atoms with Crippen molar-refractivity contribution >= 4 is 21.9 Å². The molecule has 6 nitrogen and oxygen atoms in total. The maximum absolute atomic E-state index is 12.8. The van der Waals surface area contributed by atoms with Crippen LogP contribution < -0.4 is 9.62 Å². The second-order valence-corrected chi connectivity index (χ2v) is 7.67. The Labute approximate surface area is 158 Å².